The van der Waals surface area contributed by atoms with Gasteiger partial charge < -0.3 is 14.2 Å². The lowest BCUT2D eigenvalue weighted by molar-refractivity contribution is 0.00408. The van der Waals surface area contributed by atoms with Gasteiger partial charge in [-0.2, -0.15) is 0 Å². The Labute approximate surface area is 107 Å². The zero-order valence-electron chi connectivity index (χ0n) is 10.2. The molecule has 1 aliphatic rings. The fraction of sp³-hybridized carbons (Fsp3) is 1.00. The molecule has 4 heteroatoms. The molecule has 1 rings (SSSR count). The lowest BCUT2D eigenvalue weighted by Gasteiger charge is -2.35. The number of hydrogen-bond acceptors (Lipinski definition) is 3. The quantitative estimate of drug-likeness (QED) is 0.509. The molecule has 1 aliphatic heterocycles. The maximum absolute atomic E-state index is 5.62. The van der Waals surface area contributed by atoms with E-state index in [0.717, 1.165) is 64.0 Å². The summed E-state index contributed by atoms with van der Waals surface area (Å²) in [6, 6.07) is 0. The summed E-state index contributed by atoms with van der Waals surface area (Å²) in [5.41, 5.74) is 0.402. The van der Waals surface area contributed by atoms with Gasteiger partial charge in [0, 0.05) is 45.5 Å². The van der Waals surface area contributed by atoms with E-state index in [1.165, 1.54) is 0 Å². The van der Waals surface area contributed by atoms with Crippen LogP contribution in [0, 0.1) is 5.41 Å². The fourth-order valence-corrected chi connectivity index (χ4v) is 2.79. The first-order chi connectivity index (χ1) is 7.83. The van der Waals surface area contributed by atoms with Crippen LogP contribution in [0.4, 0.5) is 0 Å². The minimum Gasteiger partial charge on any atom is -0.385 e. The zero-order valence-corrected chi connectivity index (χ0v) is 11.8. The number of alkyl halides is 1. The monoisotopic (exact) mass is 294 g/mol. The summed E-state index contributed by atoms with van der Waals surface area (Å²) in [6.45, 7) is 4.25. The molecule has 0 aromatic carbocycles. The van der Waals surface area contributed by atoms with Gasteiger partial charge in [0.05, 0.1) is 0 Å². The highest BCUT2D eigenvalue weighted by Gasteiger charge is 2.30. The first-order valence-electron chi connectivity index (χ1n) is 6.03. The molecule has 0 spiro atoms. The van der Waals surface area contributed by atoms with Crippen LogP contribution in [-0.2, 0) is 14.2 Å². The lowest BCUT2D eigenvalue weighted by atomic mass is 9.80. The van der Waals surface area contributed by atoms with Gasteiger partial charge in [-0.3, -0.25) is 0 Å². The van der Waals surface area contributed by atoms with Crippen molar-refractivity contribution >= 4 is 15.9 Å². The Hall–Kier alpha value is 0.360. The van der Waals surface area contributed by atoms with Gasteiger partial charge in [-0.05, 0) is 31.1 Å². The van der Waals surface area contributed by atoms with Gasteiger partial charge >= 0.3 is 0 Å². The first-order valence-corrected chi connectivity index (χ1v) is 7.15. The highest BCUT2D eigenvalue weighted by atomic mass is 79.9. The summed E-state index contributed by atoms with van der Waals surface area (Å²) in [6.07, 6.45) is 4.43. The van der Waals surface area contributed by atoms with E-state index in [-0.39, 0.29) is 0 Å². The highest BCUT2D eigenvalue weighted by Crippen LogP contribution is 2.35. The van der Waals surface area contributed by atoms with E-state index in [2.05, 4.69) is 15.9 Å². The summed E-state index contributed by atoms with van der Waals surface area (Å²) < 4.78 is 16.0. The number of hydrogen-bond donors (Lipinski definition) is 0. The Morgan fingerprint density at radius 1 is 1.19 bits per heavy atom. The second-order valence-corrected chi connectivity index (χ2v) is 5.02. The van der Waals surface area contributed by atoms with E-state index in [1.54, 1.807) is 7.11 Å². The molecule has 0 aliphatic carbocycles. The SMILES string of the molecule is COCCCOCCC1(CBr)CCOCC1. The highest BCUT2D eigenvalue weighted by molar-refractivity contribution is 9.09. The van der Waals surface area contributed by atoms with Crippen molar-refractivity contribution in [3.63, 3.8) is 0 Å². The topological polar surface area (TPSA) is 27.7 Å². The summed E-state index contributed by atoms with van der Waals surface area (Å²) >= 11 is 3.63. The van der Waals surface area contributed by atoms with Crippen molar-refractivity contribution < 1.29 is 14.2 Å². The van der Waals surface area contributed by atoms with Crippen molar-refractivity contribution in [3.05, 3.63) is 0 Å². The standard InChI is InChI=1S/C12H23BrO3/c1-14-6-2-7-15-8-3-12(11-13)4-9-16-10-5-12/h2-11H2,1H3. The van der Waals surface area contributed by atoms with Gasteiger partial charge in [-0.15, -0.1) is 0 Å². The van der Waals surface area contributed by atoms with Gasteiger partial charge in [0.2, 0.25) is 0 Å². The molecule has 16 heavy (non-hydrogen) atoms. The van der Waals surface area contributed by atoms with Gasteiger partial charge in [-0.1, -0.05) is 15.9 Å². The van der Waals surface area contributed by atoms with E-state index in [4.69, 9.17) is 14.2 Å². The largest absolute Gasteiger partial charge is 0.385 e. The second kappa shape index (κ2) is 8.45. The van der Waals surface area contributed by atoms with E-state index in [9.17, 15) is 0 Å². The first kappa shape index (κ1) is 14.4. The molecule has 0 radical (unpaired) electrons. The van der Waals surface area contributed by atoms with Crippen molar-refractivity contribution in [1.82, 2.24) is 0 Å². The molecule has 3 nitrogen and oxygen atoms in total. The van der Waals surface area contributed by atoms with Crippen molar-refractivity contribution in [3.8, 4) is 0 Å². The third-order valence-electron chi connectivity index (χ3n) is 3.25. The Balaban J connectivity index is 2.08. The molecule has 0 amide bonds. The molecule has 0 aromatic rings. The maximum Gasteiger partial charge on any atom is 0.0487 e. The molecule has 0 unspecified atom stereocenters. The van der Waals surface area contributed by atoms with Gasteiger partial charge in [0.15, 0.2) is 0 Å². The zero-order chi connectivity index (χ0) is 11.7. The Bertz CT molecular complexity index is 170. The van der Waals surface area contributed by atoms with Crippen LogP contribution in [0.15, 0.2) is 0 Å². The van der Waals surface area contributed by atoms with Crippen LogP contribution in [0.5, 0.6) is 0 Å². The molecule has 1 fully saturated rings. The van der Waals surface area contributed by atoms with Gasteiger partial charge in [-0.25, -0.2) is 0 Å². The molecule has 0 atom stereocenters. The molecule has 1 heterocycles. The van der Waals surface area contributed by atoms with Crippen molar-refractivity contribution in [1.29, 1.82) is 0 Å². The van der Waals surface area contributed by atoms with E-state index in [0.29, 0.717) is 5.41 Å². The van der Waals surface area contributed by atoms with Crippen LogP contribution >= 0.6 is 15.9 Å². The third-order valence-corrected chi connectivity index (χ3v) is 4.44. The van der Waals surface area contributed by atoms with Crippen LogP contribution in [-0.4, -0.2) is 45.5 Å². The van der Waals surface area contributed by atoms with E-state index < -0.39 is 0 Å². The average Bonchev–Trinajstić information content (AvgIpc) is 2.35. The molecule has 1 saturated heterocycles. The minimum absolute atomic E-state index is 0.402. The summed E-state index contributed by atoms with van der Waals surface area (Å²) in [5, 5.41) is 1.06. The molecule has 0 bridgehead atoms. The summed E-state index contributed by atoms with van der Waals surface area (Å²) in [5.74, 6) is 0. The third kappa shape index (κ3) is 5.13. The fourth-order valence-electron chi connectivity index (χ4n) is 1.95. The van der Waals surface area contributed by atoms with E-state index in [1.807, 2.05) is 0 Å². The maximum atomic E-state index is 5.62. The molecular formula is C12H23BrO3. The lowest BCUT2D eigenvalue weighted by Crippen LogP contribution is -2.32. The van der Waals surface area contributed by atoms with Crippen LogP contribution < -0.4 is 0 Å². The van der Waals surface area contributed by atoms with Gasteiger partial charge in [0.25, 0.3) is 0 Å². The molecule has 0 saturated carbocycles. The van der Waals surface area contributed by atoms with Crippen LogP contribution in [0.2, 0.25) is 0 Å². The second-order valence-electron chi connectivity index (χ2n) is 4.45. The van der Waals surface area contributed by atoms with Crippen LogP contribution in [0.25, 0.3) is 0 Å². The summed E-state index contributed by atoms with van der Waals surface area (Å²) in [4.78, 5) is 0. The smallest absolute Gasteiger partial charge is 0.0487 e. The predicted octanol–water partition coefficient (Wildman–Crippen LogP) is 2.62. The normalized spacial score (nSPS) is 19.9. The van der Waals surface area contributed by atoms with Crippen LogP contribution in [0.1, 0.15) is 25.7 Å². The average molecular weight is 295 g/mol. The molecular weight excluding hydrogens is 272 g/mol. The number of ether oxygens (including phenoxy) is 3. The van der Waals surface area contributed by atoms with E-state index >= 15 is 0 Å². The minimum atomic E-state index is 0.402. The Morgan fingerprint density at radius 3 is 2.56 bits per heavy atom. The summed E-state index contributed by atoms with van der Waals surface area (Å²) in [7, 11) is 1.72. The van der Waals surface area contributed by atoms with Crippen molar-refractivity contribution in [2.75, 3.05) is 45.5 Å². The number of methoxy groups -OCH3 is 1. The molecule has 0 N–H and O–H groups in total. The predicted molar refractivity (Wildman–Crippen MR) is 68.2 cm³/mol. The molecule has 96 valence electrons. The van der Waals surface area contributed by atoms with Crippen molar-refractivity contribution in [2.24, 2.45) is 5.41 Å². The number of rotatable bonds is 8. The van der Waals surface area contributed by atoms with Crippen molar-refractivity contribution in [2.45, 2.75) is 25.7 Å². The Morgan fingerprint density at radius 2 is 1.94 bits per heavy atom. The van der Waals surface area contributed by atoms with Crippen LogP contribution in [0.3, 0.4) is 0 Å². The Kier molecular flexibility index (Phi) is 7.62. The van der Waals surface area contributed by atoms with Gasteiger partial charge in [0.1, 0.15) is 0 Å². The molecule has 0 aromatic heterocycles. The number of halogens is 1.